The number of rotatable bonds is 1. The largest absolute Gasteiger partial charge is 0.398 e. The Labute approximate surface area is 76.7 Å². The van der Waals surface area contributed by atoms with E-state index < -0.39 is 5.54 Å². The van der Waals surface area contributed by atoms with Crippen LogP contribution in [-0.4, -0.2) is 0 Å². The number of nitrogen functional groups attached to an aromatic ring is 1. The molecule has 0 atom stereocenters. The van der Waals surface area contributed by atoms with Gasteiger partial charge in [-0.2, -0.15) is 0 Å². The Morgan fingerprint density at radius 1 is 1.31 bits per heavy atom. The first-order valence-electron chi connectivity index (χ1n) is 4.47. The van der Waals surface area contributed by atoms with Gasteiger partial charge >= 0.3 is 0 Å². The van der Waals surface area contributed by atoms with Gasteiger partial charge < -0.3 is 11.5 Å². The van der Waals surface area contributed by atoms with E-state index in [4.69, 9.17) is 11.5 Å². The molecule has 0 radical (unpaired) electrons. The molecule has 0 amide bonds. The van der Waals surface area contributed by atoms with Crippen LogP contribution in [0.15, 0.2) is 18.2 Å². The molecular weight excluding hydrogens is 167 g/mol. The predicted molar refractivity (Wildman–Crippen MR) is 50.5 cm³/mol. The molecule has 3 heteroatoms. The number of hydrogen-bond donors (Lipinski definition) is 2. The van der Waals surface area contributed by atoms with Crippen LogP contribution >= 0.6 is 0 Å². The van der Waals surface area contributed by atoms with Crippen LogP contribution in [0.25, 0.3) is 0 Å². The second-order valence-corrected chi connectivity index (χ2v) is 3.71. The van der Waals surface area contributed by atoms with Crippen LogP contribution in [0.1, 0.15) is 24.8 Å². The number of benzene rings is 1. The van der Waals surface area contributed by atoms with E-state index in [1.807, 2.05) is 0 Å². The van der Waals surface area contributed by atoms with Gasteiger partial charge in [0.1, 0.15) is 5.82 Å². The van der Waals surface area contributed by atoms with Gasteiger partial charge in [-0.15, -0.1) is 0 Å². The lowest BCUT2D eigenvalue weighted by molar-refractivity contribution is 0.246. The number of nitrogens with two attached hydrogens (primary N) is 2. The van der Waals surface area contributed by atoms with E-state index >= 15 is 0 Å². The first-order valence-corrected chi connectivity index (χ1v) is 4.47. The Hall–Kier alpha value is -1.09. The highest BCUT2D eigenvalue weighted by Gasteiger charge is 2.37. The third-order valence-corrected chi connectivity index (χ3v) is 2.79. The van der Waals surface area contributed by atoms with Crippen LogP contribution in [0.3, 0.4) is 0 Å². The zero-order valence-electron chi connectivity index (χ0n) is 7.39. The van der Waals surface area contributed by atoms with E-state index in [1.54, 1.807) is 12.1 Å². The lowest BCUT2D eigenvalue weighted by atomic mass is 9.72. The Morgan fingerprint density at radius 3 is 2.46 bits per heavy atom. The fourth-order valence-electron chi connectivity index (χ4n) is 1.87. The van der Waals surface area contributed by atoms with Crippen molar-refractivity contribution in [1.29, 1.82) is 0 Å². The Kier molecular flexibility index (Phi) is 1.77. The molecule has 2 nitrogen and oxygen atoms in total. The maximum Gasteiger partial charge on any atom is 0.130 e. The Balaban J connectivity index is 2.49. The first-order chi connectivity index (χ1) is 6.13. The Morgan fingerprint density at radius 2 is 2.00 bits per heavy atom. The topological polar surface area (TPSA) is 52.0 Å². The lowest BCUT2D eigenvalue weighted by Gasteiger charge is -2.39. The van der Waals surface area contributed by atoms with Gasteiger partial charge in [-0.1, -0.05) is 6.07 Å². The van der Waals surface area contributed by atoms with E-state index in [2.05, 4.69) is 0 Å². The smallest absolute Gasteiger partial charge is 0.130 e. The van der Waals surface area contributed by atoms with E-state index in [0.717, 1.165) is 19.3 Å². The average molecular weight is 180 g/mol. The summed E-state index contributed by atoms with van der Waals surface area (Å²) in [6, 6.07) is 4.72. The third kappa shape index (κ3) is 1.20. The molecule has 0 spiro atoms. The molecule has 13 heavy (non-hydrogen) atoms. The van der Waals surface area contributed by atoms with Crippen LogP contribution in [0.5, 0.6) is 0 Å². The lowest BCUT2D eigenvalue weighted by Crippen LogP contribution is -2.44. The number of hydrogen-bond acceptors (Lipinski definition) is 2. The van der Waals surface area contributed by atoms with Crippen molar-refractivity contribution >= 4 is 5.69 Å². The minimum atomic E-state index is -0.505. The fourth-order valence-corrected chi connectivity index (χ4v) is 1.87. The molecule has 1 aliphatic rings. The zero-order valence-corrected chi connectivity index (χ0v) is 7.39. The molecule has 1 aromatic rings. The third-order valence-electron chi connectivity index (χ3n) is 2.79. The molecule has 1 saturated carbocycles. The molecule has 2 rings (SSSR count). The van der Waals surface area contributed by atoms with Gasteiger partial charge in [-0.25, -0.2) is 4.39 Å². The van der Waals surface area contributed by atoms with E-state index in [1.165, 1.54) is 6.07 Å². The summed E-state index contributed by atoms with van der Waals surface area (Å²) in [5.41, 5.74) is 12.2. The highest BCUT2D eigenvalue weighted by Crippen LogP contribution is 2.42. The van der Waals surface area contributed by atoms with Crippen LogP contribution in [0.4, 0.5) is 10.1 Å². The monoisotopic (exact) mass is 180 g/mol. The molecule has 1 aliphatic carbocycles. The van der Waals surface area contributed by atoms with Crippen molar-refractivity contribution in [2.75, 3.05) is 5.73 Å². The predicted octanol–water partition coefficient (Wildman–Crippen LogP) is 1.75. The summed E-state index contributed by atoms with van der Waals surface area (Å²) in [5.74, 6) is -0.276. The quantitative estimate of drug-likeness (QED) is 0.647. The van der Waals surface area contributed by atoms with Gasteiger partial charge in [-0.3, -0.25) is 0 Å². The van der Waals surface area contributed by atoms with Crippen LogP contribution in [0, 0.1) is 5.82 Å². The maximum atomic E-state index is 13.4. The van der Waals surface area contributed by atoms with Crippen molar-refractivity contribution in [3.05, 3.63) is 29.6 Å². The van der Waals surface area contributed by atoms with Gasteiger partial charge in [0.05, 0.1) is 0 Å². The van der Waals surface area contributed by atoms with Gasteiger partial charge in [0, 0.05) is 16.8 Å². The van der Waals surface area contributed by atoms with Gasteiger partial charge in [-0.05, 0) is 31.4 Å². The minimum Gasteiger partial charge on any atom is -0.398 e. The van der Waals surface area contributed by atoms with E-state index in [0.29, 0.717) is 11.3 Å². The number of anilines is 1. The minimum absolute atomic E-state index is 0.276. The van der Waals surface area contributed by atoms with Gasteiger partial charge in [0.25, 0.3) is 0 Å². The van der Waals surface area contributed by atoms with Crippen molar-refractivity contribution in [2.45, 2.75) is 24.8 Å². The molecule has 4 N–H and O–H groups in total. The summed E-state index contributed by atoms with van der Waals surface area (Å²) in [7, 11) is 0. The van der Waals surface area contributed by atoms with Crippen molar-refractivity contribution in [3.8, 4) is 0 Å². The molecular formula is C10H13FN2. The average Bonchev–Trinajstić information content (AvgIpc) is 2.01. The molecule has 0 aliphatic heterocycles. The summed E-state index contributed by atoms with van der Waals surface area (Å²) >= 11 is 0. The number of halogens is 1. The molecule has 0 heterocycles. The van der Waals surface area contributed by atoms with E-state index in [-0.39, 0.29) is 5.82 Å². The summed E-state index contributed by atoms with van der Waals surface area (Å²) in [6.07, 6.45) is 2.72. The summed E-state index contributed by atoms with van der Waals surface area (Å²) in [4.78, 5) is 0. The summed E-state index contributed by atoms with van der Waals surface area (Å²) in [5, 5.41) is 0. The fraction of sp³-hybridized carbons (Fsp3) is 0.400. The SMILES string of the molecule is Nc1cccc(F)c1C1(N)CCC1. The van der Waals surface area contributed by atoms with Gasteiger partial charge in [0.2, 0.25) is 0 Å². The molecule has 0 unspecified atom stereocenters. The highest BCUT2D eigenvalue weighted by molar-refractivity contribution is 5.51. The second kappa shape index (κ2) is 2.70. The van der Waals surface area contributed by atoms with Crippen molar-refractivity contribution < 1.29 is 4.39 Å². The normalized spacial score (nSPS) is 19.5. The van der Waals surface area contributed by atoms with E-state index in [9.17, 15) is 4.39 Å². The van der Waals surface area contributed by atoms with Crippen molar-refractivity contribution in [1.82, 2.24) is 0 Å². The van der Waals surface area contributed by atoms with Crippen molar-refractivity contribution in [2.24, 2.45) is 5.73 Å². The molecule has 0 saturated heterocycles. The molecule has 1 aromatic carbocycles. The Bertz CT molecular complexity index is 311. The van der Waals surface area contributed by atoms with Crippen LogP contribution in [0.2, 0.25) is 0 Å². The van der Waals surface area contributed by atoms with Crippen LogP contribution < -0.4 is 11.5 Å². The highest BCUT2D eigenvalue weighted by atomic mass is 19.1. The first kappa shape index (κ1) is 8.51. The molecule has 1 fully saturated rings. The molecule has 70 valence electrons. The van der Waals surface area contributed by atoms with Gasteiger partial charge in [0.15, 0.2) is 0 Å². The molecule has 0 bridgehead atoms. The maximum absolute atomic E-state index is 13.4. The van der Waals surface area contributed by atoms with Crippen LogP contribution in [-0.2, 0) is 5.54 Å². The van der Waals surface area contributed by atoms with Crippen molar-refractivity contribution in [3.63, 3.8) is 0 Å². The summed E-state index contributed by atoms with van der Waals surface area (Å²) < 4.78 is 13.4. The summed E-state index contributed by atoms with van der Waals surface area (Å²) in [6.45, 7) is 0. The molecule has 0 aromatic heterocycles. The zero-order chi connectivity index (χ0) is 9.47. The second-order valence-electron chi connectivity index (χ2n) is 3.71. The standard InChI is InChI=1S/C10H13FN2/c11-7-3-1-4-8(12)9(7)10(13)5-2-6-10/h1,3-4H,2,5-6,12-13H2.